The van der Waals surface area contributed by atoms with Crippen LogP contribution in [0.25, 0.3) is 11.3 Å². The van der Waals surface area contributed by atoms with Crippen LogP contribution in [0.15, 0.2) is 18.2 Å². The molecule has 6 nitrogen and oxygen atoms in total. The van der Waals surface area contributed by atoms with Gasteiger partial charge in [0.25, 0.3) is 0 Å². The zero-order valence-electron chi connectivity index (χ0n) is 11.2. The van der Waals surface area contributed by atoms with Crippen molar-refractivity contribution in [3.63, 3.8) is 0 Å². The van der Waals surface area contributed by atoms with Gasteiger partial charge in [-0.25, -0.2) is 4.79 Å². The first-order valence-electron chi connectivity index (χ1n) is 6.21. The molecule has 1 aromatic heterocycles. The van der Waals surface area contributed by atoms with Crippen LogP contribution in [0.3, 0.4) is 0 Å². The van der Waals surface area contributed by atoms with Gasteiger partial charge < -0.3 is 14.6 Å². The topological polar surface area (TPSA) is 73.6 Å². The fraction of sp³-hybridized carbons (Fsp3) is 0.286. The van der Waals surface area contributed by atoms with Crippen molar-refractivity contribution in [1.29, 1.82) is 0 Å². The number of rotatable bonds is 3. The molecule has 1 aliphatic rings. The van der Waals surface area contributed by atoms with E-state index >= 15 is 0 Å². The molecule has 0 spiro atoms. The number of aromatic carboxylic acids is 1. The SMILES string of the molecule is COc1cc2c(cc1-c1cc(C(=O)O)nn1C)OCC2. The van der Waals surface area contributed by atoms with Crippen molar-refractivity contribution >= 4 is 5.97 Å². The smallest absolute Gasteiger partial charge is 0.356 e. The molecule has 0 aliphatic carbocycles. The van der Waals surface area contributed by atoms with E-state index in [0.717, 1.165) is 23.3 Å². The maximum absolute atomic E-state index is 11.0. The normalized spacial score (nSPS) is 12.9. The molecule has 104 valence electrons. The van der Waals surface area contributed by atoms with Gasteiger partial charge in [0.05, 0.1) is 19.4 Å². The first kappa shape index (κ1) is 12.5. The van der Waals surface area contributed by atoms with Crippen LogP contribution in [0.2, 0.25) is 0 Å². The summed E-state index contributed by atoms with van der Waals surface area (Å²) in [5.74, 6) is 0.455. The molecule has 6 heteroatoms. The maximum atomic E-state index is 11.0. The summed E-state index contributed by atoms with van der Waals surface area (Å²) in [5, 5.41) is 13.0. The fourth-order valence-corrected chi connectivity index (χ4v) is 2.40. The molecule has 0 saturated carbocycles. The van der Waals surface area contributed by atoms with E-state index in [1.165, 1.54) is 10.7 Å². The first-order chi connectivity index (χ1) is 9.60. The standard InChI is InChI=1S/C14H14N2O4/c1-16-11(7-10(15-16)14(17)18)9-6-12-8(3-4-20-12)5-13(9)19-2/h5-7H,3-4H2,1-2H3,(H,17,18). The van der Waals surface area contributed by atoms with E-state index in [2.05, 4.69) is 5.10 Å². The van der Waals surface area contributed by atoms with E-state index in [0.29, 0.717) is 18.1 Å². The third-order valence-corrected chi connectivity index (χ3v) is 3.39. The molecule has 20 heavy (non-hydrogen) atoms. The fourth-order valence-electron chi connectivity index (χ4n) is 2.40. The molecule has 0 bridgehead atoms. The molecule has 1 aliphatic heterocycles. The van der Waals surface area contributed by atoms with Crippen LogP contribution in [-0.2, 0) is 13.5 Å². The van der Waals surface area contributed by atoms with Crippen LogP contribution in [0.4, 0.5) is 0 Å². The van der Waals surface area contributed by atoms with Gasteiger partial charge >= 0.3 is 5.97 Å². The Labute approximate surface area is 115 Å². The molecule has 3 rings (SSSR count). The van der Waals surface area contributed by atoms with Gasteiger partial charge in [0.1, 0.15) is 11.5 Å². The molecule has 1 aromatic carbocycles. The average molecular weight is 274 g/mol. The van der Waals surface area contributed by atoms with Crippen molar-refractivity contribution in [2.45, 2.75) is 6.42 Å². The Bertz CT molecular complexity index is 691. The number of benzene rings is 1. The second-order valence-electron chi connectivity index (χ2n) is 4.60. The molecule has 0 saturated heterocycles. The highest BCUT2D eigenvalue weighted by molar-refractivity contribution is 5.87. The van der Waals surface area contributed by atoms with E-state index in [1.54, 1.807) is 14.2 Å². The molecule has 0 amide bonds. The Hall–Kier alpha value is -2.50. The van der Waals surface area contributed by atoms with Crippen LogP contribution in [0.5, 0.6) is 11.5 Å². The van der Waals surface area contributed by atoms with Gasteiger partial charge in [-0.05, 0) is 18.2 Å². The summed E-state index contributed by atoms with van der Waals surface area (Å²) in [6.07, 6.45) is 0.859. The minimum Gasteiger partial charge on any atom is -0.496 e. The molecular formula is C14H14N2O4. The number of carboxylic acids is 1. The summed E-state index contributed by atoms with van der Waals surface area (Å²) in [5.41, 5.74) is 2.56. The van der Waals surface area contributed by atoms with Gasteiger partial charge in [-0.1, -0.05) is 0 Å². The molecule has 0 radical (unpaired) electrons. The predicted molar refractivity (Wildman–Crippen MR) is 71.4 cm³/mol. The number of hydrogen-bond acceptors (Lipinski definition) is 4. The number of hydrogen-bond donors (Lipinski definition) is 1. The molecular weight excluding hydrogens is 260 g/mol. The quantitative estimate of drug-likeness (QED) is 0.922. The summed E-state index contributed by atoms with van der Waals surface area (Å²) < 4.78 is 12.5. The number of ether oxygens (including phenoxy) is 2. The van der Waals surface area contributed by atoms with Crippen molar-refractivity contribution in [1.82, 2.24) is 9.78 Å². The Morgan fingerprint density at radius 1 is 1.45 bits per heavy atom. The largest absolute Gasteiger partial charge is 0.496 e. The predicted octanol–water partition coefficient (Wildman–Crippen LogP) is 1.73. The molecule has 2 aromatic rings. The summed E-state index contributed by atoms with van der Waals surface area (Å²) in [6.45, 7) is 0.660. The lowest BCUT2D eigenvalue weighted by Gasteiger charge is -2.11. The summed E-state index contributed by atoms with van der Waals surface area (Å²) in [4.78, 5) is 11.0. The van der Waals surface area contributed by atoms with Gasteiger partial charge in [0, 0.05) is 24.6 Å². The van der Waals surface area contributed by atoms with Crippen molar-refractivity contribution in [3.8, 4) is 22.8 Å². The highest BCUT2D eigenvalue weighted by Gasteiger charge is 2.20. The van der Waals surface area contributed by atoms with Crippen LogP contribution in [0, 0.1) is 0 Å². The lowest BCUT2D eigenvalue weighted by Crippen LogP contribution is -1.99. The van der Waals surface area contributed by atoms with Crippen molar-refractivity contribution in [3.05, 3.63) is 29.5 Å². The van der Waals surface area contributed by atoms with E-state index in [9.17, 15) is 4.79 Å². The van der Waals surface area contributed by atoms with Gasteiger partial charge in [-0.15, -0.1) is 0 Å². The molecule has 0 unspecified atom stereocenters. The monoisotopic (exact) mass is 274 g/mol. The minimum absolute atomic E-state index is 0.00553. The van der Waals surface area contributed by atoms with Crippen molar-refractivity contribution < 1.29 is 19.4 Å². The number of carboxylic acid groups (broad SMARTS) is 1. The number of aromatic nitrogens is 2. The van der Waals surface area contributed by atoms with Gasteiger partial charge in [0.2, 0.25) is 0 Å². The summed E-state index contributed by atoms with van der Waals surface area (Å²) in [7, 11) is 3.30. The lowest BCUT2D eigenvalue weighted by molar-refractivity contribution is 0.0689. The third-order valence-electron chi connectivity index (χ3n) is 3.39. The third kappa shape index (κ3) is 1.89. The summed E-state index contributed by atoms with van der Waals surface area (Å²) in [6, 6.07) is 5.34. The van der Waals surface area contributed by atoms with E-state index in [4.69, 9.17) is 14.6 Å². The maximum Gasteiger partial charge on any atom is 0.356 e. The Morgan fingerprint density at radius 2 is 2.25 bits per heavy atom. The Morgan fingerprint density at radius 3 is 2.90 bits per heavy atom. The number of fused-ring (bicyclic) bond motifs is 1. The molecule has 0 atom stereocenters. The minimum atomic E-state index is -1.05. The van der Waals surface area contributed by atoms with Crippen LogP contribution >= 0.6 is 0 Å². The summed E-state index contributed by atoms with van der Waals surface area (Å²) >= 11 is 0. The molecule has 2 heterocycles. The number of carbonyl (C=O) groups is 1. The zero-order chi connectivity index (χ0) is 14.3. The number of methoxy groups -OCH3 is 1. The van der Waals surface area contributed by atoms with E-state index in [-0.39, 0.29) is 5.69 Å². The highest BCUT2D eigenvalue weighted by Crippen LogP contribution is 2.38. The van der Waals surface area contributed by atoms with E-state index < -0.39 is 5.97 Å². The number of aryl methyl sites for hydroxylation is 1. The lowest BCUT2D eigenvalue weighted by atomic mass is 10.1. The van der Waals surface area contributed by atoms with Crippen LogP contribution in [-0.4, -0.2) is 34.6 Å². The first-order valence-corrected chi connectivity index (χ1v) is 6.21. The molecule has 1 N–H and O–H groups in total. The van der Waals surface area contributed by atoms with Crippen LogP contribution in [0.1, 0.15) is 16.1 Å². The van der Waals surface area contributed by atoms with E-state index in [1.807, 2.05) is 12.1 Å². The van der Waals surface area contributed by atoms with Crippen molar-refractivity contribution in [2.24, 2.45) is 7.05 Å². The Balaban J connectivity index is 2.16. The zero-order valence-corrected chi connectivity index (χ0v) is 11.2. The second kappa shape index (κ2) is 4.56. The van der Waals surface area contributed by atoms with Gasteiger partial charge in [0.15, 0.2) is 5.69 Å². The average Bonchev–Trinajstić information content (AvgIpc) is 3.02. The van der Waals surface area contributed by atoms with Crippen LogP contribution < -0.4 is 9.47 Å². The Kier molecular flexibility index (Phi) is 2.85. The van der Waals surface area contributed by atoms with Crippen molar-refractivity contribution in [2.75, 3.05) is 13.7 Å². The second-order valence-corrected chi connectivity index (χ2v) is 4.60. The number of nitrogens with zero attached hydrogens (tertiary/aromatic N) is 2. The highest BCUT2D eigenvalue weighted by atomic mass is 16.5. The van der Waals surface area contributed by atoms with Gasteiger partial charge in [-0.2, -0.15) is 5.10 Å². The molecule has 0 fully saturated rings. The van der Waals surface area contributed by atoms with Gasteiger partial charge in [-0.3, -0.25) is 4.68 Å².